The molecule has 2 aromatic rings. The minimum atomic E-state index is 0.245. The van der Waals surface area contributed by atoms with Gasteiger partial charge in [0, 0.05) is 11.2 Å². The molecule has 2 N–H and O–H groups in total. The molecule has 17 heavy (non-hydrogen) atoms. The molecule has 1 heterocycles. The number of rotatable bonds is 3. The third-order valence-electron chi connectivity index (χ3n) is 2.05. The average Bonchev–Trinajstić information content (AvgIpc) is 2.29. The number of nitrogens with two attached hydrogens (primary N) is 1. The van der Waals surface area contributed by atoms with Crippen LogP contribution < -0.4 is 10.5 Å². The molecule has 0 fully saturated rings. The highest BCUT2D eigenvalue weighted by molar-refractivity contribution is 7.80. The number of nitrogens with zero attached hydrogens (tertiary/aromatic N) is 1. The van der Waals surface area contributed by atoms with Crippen LogP contribution in [0.4, 0.5) is 0 Å². The lowest BCUT2D eigenvalue weighted by molar-refractivity contribution is 0.462. The first-order valence-corrected chi connectivity index (χ1v) is 5.63. The van der Waals surface area contributed by atoms with Gasteiger partial charge in [0.05, 0.1) is 5.56 Å². The van der Waals surface area contributed by atoms with Crippen molar-refractivity contribution in [1.82, 2.24) is 4.98 Å². The molecule has 0 amide bonds. The van der Waals surface area contributed by atoms with Gasteiger partial charge in [-0.3, -0.25) is 0 Å². The smallest absolute Gasteiger partial charge is 0.229 e. The van der Waals surface area contributed by atoms with Crippen LogP contribution in [0.3, 0.4) is 0 Å². The highest BCUT2D eigenvalue weighted by Crippen LogP contribution is 2.24. The van der Waals surface area contributed by atoms with Crippen molar-refractivity contribution in [3.63, 3.8) is 0 Å². The molecule has 0 radical (unpaired) electrons. The van der Waals surface area contributed by atoms with Gasteiger partial charge in [0.2, 0.25) is 5.88 Å². The second kappa shape index (κ2) is 5.12. The van der Waals surface area contributed by atoms with Crippen LogP contribution in [0.15, 0.2) is 42.6 Å². The Kier molecular flexibility index (Phi) is 3.56. The first kappa shape index (κ1) is 11.8. The Balaban J connectivity index is 2.33. The maximum absolute atomic E-state index is 5.86. The largest absolute Gasteiger partial charge is 0.438 e. The summed E-state index contributed by atoms with van der Waals surface area (Å²) in [5, 5.41) is 0.593. The highest BCUT2D eigenvalue weighted by Gasteiger charge is 2.08. The van der Waals surface area contributed by atoms with Crippen molar-refractivity contribution >= 4 is 28.8 Å². The molecule has 0 saturated carbocycles. The summed E-state index contributed by atoms with van der Waals surface area (Å²) in [4.78, 5) is 4.34. The predicted octanol–water partition coefficient (Wildman–Crippen LogP) is 3.16. The standard InChI is InChI=1S/C12H9ClN2OS/c13-8-3-1-4-9(7-8)16-12-10(11(14)17)5-2-6-15-12/h1-7H,(H2,14,17). The second-order valence-corrected chi connectivity index (χ2v) is 4.16. The lowest BCUT2D eigenvalue weighted by Gasteiger charge is -2.08. The van der Waals surface area contributed by atoms with Crippen LogP contribution in [0.25, 0.3) is 0 Å². The number of hydrogen-bond acceptors (Lipinski definition) is 3. The second-order valence-electron chi connectivity index (χ2n) is 3.28. The van der Waals surface area contributed by atoms with Crippen molar-refractivity contribution in [3.05, 3.63) is 53.2 Å². The molecule has 86 valence electrons. The number of thiocarbonyl (C=S) groups is 1. The molecule has 0 aliphatic carbocycles. The fourth-order valence-corrected chi connectivity index (χ4v) is 1.64. The summed E-state index contributed by atoms with van der Waals surface area (Å²) in [7, 11) is 0. The maximum Gasteiger partial charge on any atom is 0.229 e. The normalized spacial score (nSPS) is 9.94. The van der Waals surface area contributed by atoms with Crippen LogP contribution in [-0.4, -0.2) is 9.97 Å². The van der Waals surface area contributed by atoms with Crippen molar-refractivity contribution in [2.24, 2.45) is 5.73 Å². The van der Waals surface area contributed by atoms with Gasteiger partial charge in [0.25, 0.3) is 0 Å². The minimum Gasteiger partial charge on any atom is -0.438 e. The van der Waals surface area contributed by atoms with E-state index in [-0.39, 0.29) is 4.99 Å². The molecule has 0 atom stereocenters. The summed E-state index contributed by atoms with van der Waals surface area (Å²) in [5.41, 5.74) is 6.18. The first-order valence-electron chi connectivity index (χ1n) is 4.85. The highest BCUT2D eigenvalue weighted by atomic mass is 35.5. The van der Waals surface area contributed by atoms with Gasteiger partial charge in [0.1, 0.15) is 10.7 Å². The van der Waals surface area contributed by atoms with Crippen LogP contribution in [0, 0.1) is 0 Å². The maximum atomic E-state index is 5.86. The van der Waals surface area contributed by atoms with E-state index in [0.717, 1.165) is 0 Å². The number of aromatic nitrogens is 1. The van der Waals surface area contributed by atoms with Gasteiger partial charge in [-0.25, -0.2) is 4.98 Å². The van der Waals surface area contributed by atoms with Gasteiger partial charge >= 0.3 is 0 Å². The summed E-state index contributed by atoms with van der Waals surface area (Å²) < 4.78 is 5.59. The number of ether oxygens (including phenoxy) is 1. The average molecular weight is 265 g/mol. The van der Waals surface area contributed by atoms with Gasteiger partial charge in [-0.1, -0.05) is 29.9 Å². The molecule has 0 unspecified atom stereocenters. The summed E-state index contributed by atoms with van der Waals surface area (Å²) in [5.74, 6) is 0.968. The number of benzene rings is 1. The fraction of sp³-hybridized carbons (Fsp3) is 0. The fourth-order valence-electron chi connectivity index (χ4n) is 1.30. The summed E-state index contributed by atoms with van der Waals surface area (Å²) in [6, 6.07) is 10.5. The van der Waals surface area contributed by atoms with Crippen LogP contribution in [0.2, 0.25) is 5.02 Å². The molecule has 1 aromatic heterocycles. The molecule has 0 saturated heterocycles. The zero-order valence-corrected chi connectivity index (χ0v) is 10.3. The SMILES string of the molecule is NC(=S)c1cccnc1Oc1cccc(Cl)c1. The molecule has 0 aliphatic rings. The van der Waals surface area contributed by atoms with E-state index in [4.69, 9.17) is 34.3 Å². The van der Waals surface area contributed by atoms with Crippen LogP contribution in [0.1, 0.15) is 5.56 Å². The quantitative estimate of drug-likeness (QED) is 0.865. The van der Waals surface area contributed by atoms with E-state index < -0.39 is 0 Å². The molecule has 0 spiro atoms. The molecule has 5 heteroatoms. The number of hydrogen-bond donors (Lipinski definition) is 1. The van der Waals surface area contributed by atoms with E-state index >= 15 is 0 Å². The Bertz CT molecular complexity index is 560. The molecule has 0 bridgehead atoms. The van der Waals surface area contributed by atoms with E-state index in [1.54, 1.807) is 42.6 Å². The van der Waals surface area contributed by atoms with Crippen LogP contribution >= 0.6 is 23.8 Å². The van der Waals surface area contributed by atoms with E-state index in [1.165, 1.54) is 0 Å². The molecule has 1 aromatic carbocycles. The van der Waals surface area contributed by atoms with E-state index in [1.807, 2.05) is 0 Å². The van der Waals surface area contributed by atoms with Crippen LogP contribution in [0.5, 0.6) is 11.6 Å². The molecular weight excluding hydrogens is 256 g/mol. The van der Waals surface area contributed by atoms with Gasteiger partial charge in [0.15, 0.2) is 0 Å². The predicted molar refractivity (Wildman–Crippen MR) is 71.7 cm³/mol. The molecule has 3 nitrogen and oxygen atoms in total. The number of pyridine rings is 1. The van der Waals surface area contributed by atoms with Gasteiger partial charge in [-0.15, -0.1) is 0 Å². The minimum absolute atomic E-state index is 0.245. The zero-order valence-electron chi connectivity index (χ0n) is 8.76. The van der Waals surface area contributed by atoms with Crippen molar-refractivity contribution in [1.29, 1.82) is 0 Å². The van der Waals surface area contributed by atoms with E-state index in [2.05, 4.69) is 4.98 Å². The summed E-state index contributed by atoms with van der Waals surface area (Å²) >= 11 is 10.8. The molecule has 0 aliphatic heterocycles. The van der Waals surface area contributed by atoms with E-state index in [9.17, 15) is 0 Å². The topological polar surface area (TPSA) is 48.1 Å². The Labute approximate surface area is 109 Å². The Hall–Kier alpha value is -1.65. The summed E-state index contributed by atoms with van der Waals surface area (Å²) in [6.45, 7) is 0. The third kappa shape index (κ3) is 2.93. The lowest BCUT2D eigenvalue weighted by atomic mass is 10.2. The summed E-state index contributed by atoms with van der Waals surface area (Å²) in [6.07, 6.45) is 1.61. The Morgan fingerprint density at radius 2 is 2.12 bits per heavy atom. The van der Waals surface area contributed by atoms with Crippen molar-refractivity contribution in [2.45, 2.75) is 0 Å². The Morgan fingerprint density at radius 1 is 1.29 bits per heavy atom. The Morgan fingerprint density at radius 3 is 2.82 bits per heavy atom. The first-order chi connectivity index (χ1) is 8.16. The molecule has 2 rings (SSSR count). The monoisotopic (exact) mass is 264 g/mol. The van der Waals surface area contributed by atoms with Crippen LogP contribution in [-0.2, 0) is 0 Å². The van der Waals surface area contributed by atoms with Gasteiger partial charge in [-0.05, 0) is 30.3 Å². The zero-order chi connectivity index (χ0) is 12.3. The van der Waals surface area contributed by atoms with Gasteiger partial charge in [-0.2, -0.15) is 0 Å². The molecular formula is C12H9ClN2OS. The lowest BCUT2D eigenvalue weighted by Crippen LogP contribution is -2.11. The van der Waals surface area contributed by atoms with Crippen molar-refractivity contribution in [3.8, 4) is 11.6 Å². The van der Waals surface area contributed by atoms with Crippen molar-refractivity contribution in [2.75, 3.05) is 0 Å². The third-order valence-corrected chi connectivity index (χ3v) is 2.50. The van der Waals surface area contributed by atoms with E-state index in [0.29, 0.717) is 22.2 Å². The van der Waals surface area contributed by atoms with Gasteiger partial charge < -0.3 is 10.5 Å². The number of halogens is 1. The van der Waals surface area contributed by atoms with Crippen molar-refractivity contribution < 1.29 is 4.74 Å².